The number of hydrogen-bond donors (Lipinski definition) is 2. The van der Waals surface area contributed by atoms with Gasteiger partial charge in [-0.15, -0.1) is 0 Å². The molecule has 2 amide bonds. The van der Waals surface area contributed by atoms with Crippen molar-refractivity contribution < 1.29 is 28.2 Å². The number of amides is 2. The molecule has 0 radical (unpaired) electrons. The summed E-state index contributed by atoms with van der Waals surface area (Å²) in [7, 11) is 1.49. The minimum absolute atomic E-state index is 0.0287. The molecule has 0 spiro atoms. The number of methoxy groups -OCH3 is 1. The molecule has 2 heterocycles. The number of ether oxygens (including phenoxy) is 1. The lowest BCUT2D eigenvalue weighted by molar-refractivity contribution is 0.0421. The van der Waals surface area contributed by atoms with E-state index in [-0.39, 0.29) is 37.0 Å². The first-order chi connectivity index (χ1) is 14.3. The van der Waals surface area contributed by atoms with E-state index in [1.807, 2.05) is 0 Å². The molecular formula is C20H21F2N3O5. The van der Waals surface area contributed by atoms with Gasteiger partial charge < -0.3 is 24.6 Å². The van der Waals surface area contributed by atoms with Gasteiger partial charge >= 0.3 is 0 Å². The monoisotopic (exact) mass is 421 g/mol. The van der Waals surface area contributed by atoms with E-state index in [4.69, 9.17) is 4.74 Å². The number of pyridine rings is 1. The molecule has 1 atom stereocenters. The predicted molar refractivity (Wildman–Crippen MR) is 102 cm³/mol. The second-order valence-corrected chi connectivity index (χ2v) is 6.84. The molecule has 10 heteroatoms. The summed E-state index contributed by atoms with van der Waals surface area (Å²) in [4.78, 5) is 39.2. The van der Waals surface area contributed by atoms with Crippen LogP contribution in [-0.4, -0.2) is 52.7 Å². The highest BCUT2D eigenvalue weighted by Gasteiger charge is 2.35. The number of benzene rings is 1. The van der Waals surface area contributed by atoms with E-state index in [9.17, 15) is 28.3 Å². The van der Waals surface area contributed by atoms with Gasteiger partial charge in [-0.1, -0.05) is 6.07 Å². The van der Waals surface area contributed by atoms with Crippen molar-refractivity contribution in [3.8, 4) is 5.75 Å². The van der Waals surface area contributed by atoms with Crippen LogP contribution in [0.25, 0.3) is 0 Å². The van der Waals surface area contributed by atoms with Crippen LogP contribution in [0.1, 0.15) is 33.3 Å². The first-order valence-corrected chi connectivity index (χ1v) is 9.26. The van der Waals surface area contributed by atoms with Crippen molar-refractivity contribution in [1.82, 2.24) is 14.8 Å². The van der Waals surface area contributed by atoms with E-state index < -0.39 is 40.2 Å². The maximum atomic E-state index is 13.7. The topological polar surface area (TPSA) is 101 Å². The smallest absolute Gasteiger partial charge is 0.274 e. The molecule has 2 aromatic rings. The SMILES string of the molecule is CCN1C(=O)c2c(O)c(=O)c(C(=O)NCc3ccc(F)cc3F)cn2C[C@H]1COC. The van der Waals surface area contributed by atoms with Crippen LogP contribution >= 0.6 is 0 Å². The molecule has 160 valence electrons. The van der Waals surface area contributed by atoms with Crippen molar-refractivity contribution >= 4 is 11.8 Å². The van der Waals surface area contributed by atoms with Crippen molar-refractivity contribution in [2.24, 2.45) is 0 Å². The Labute approximate surface area is 170 Å². The van der Waals surface area contributed by atoms with Crippen molar-refractivity contribution in [2.45, 2.75) is 26.1 Å². The Hall–Kier alpha value is -3.27. The summed E-state index contributed by atoms with van der Waals surface area (Å²) in [5, 5.41) is 12.7. The van der Waals surface area contributed by atoms with Crippen LogP contribution in [0.5, 0.6) is 5.75 Å². The fourth-order valence-electron chi connectivity index (χ4n) is 3.48. The molecule has 0 unspecified atom stereocenters. The molecule has 1 aliphatic heterocycles. The van der Waals surface area contributed by atoms with E-state index in [2.05, 4.69) is 5.32 Å². The van der Waals surface area contributed by atoms with Crippen molar-refractivity contribution in [3.05, 3.63) is 63.1 Å². The van der Waals surface area contributed by atoms with Crippen LogP contribution in [0, 0.1) is 11.6 Å². The molecule has 1 aliphatic rings. The Kier molecular flexibility index (Phi) is 6.16. The molecular weight excluding hydrogens is 400 g/mol. The van der Waals surface area contributed by atoms with Gasteiger partial charge in [0.15, 0.2) is 11.4 Å². The molecule has 3 rings (SSSR count). The molecule has 0 fully saturated rings. The fourth-order valence-corrected chi connectivity index (χ4v) is 3.48. The Bertz CT molecular complexity index is 1050. The zero-order valence-corrected chi connectivity index (χ0v) is 16.4. The maximum absolute atomic E-state index is 13.7. The van der Waals surface area contributed by atoms with Gasteiger partial charge in [-0.2, -0.15) is 0 Å². The quantitative estimate of drug-likeness (QED) is 0.731. The van der Waals surface area contributed by atoms with Crippen LogP contribution < -0.4 is 10.7 Å². The third kappa shape index (κ3) is 3.90. The van der Waals surface area contributed by atoms with Gasteiger partial charge in [0.05, 0.1) is 12.6 Å². The highest BCUT2D eigenvalue weighted by molar-refractivity contribution is 5.99. The second-order valence-electron chi connectivity index (χ2n) is 6.84. The summed E-state index contributed by atoms with van der Waals surface area (Å²) in [5.74, 6) is -3.82. The third-order valence-corrected chi connectivity index (χ3v) is 4.97. The summed E-state index contributed by atoms with van der Waals surface area (Å²) >= 11 is 0. The molecule has 0 bridgehead atoms. The number of rotatable bonds is 6. The first-order valence-electron chi connectivity index (χ1n) is 9.26. The lowest BCUT2D eigenvalue weighted by Crippen LogP contribution is -2.51. The standard InChI is InChI=1S/C20H21F2N3O5/c1-3-25-13(10-30-2)8-24-9-14(17(26)18(27)16(24)20(25)29)19(28)23-7-11-4-5-12(21)6-15(11)22/h4-6,9,13,27H,3,7-8,10H2,1-2H3,(H,23,28)/t13-/m0/s1. The van der Waals surface area contributed by atoms with E-state index in [1.54, 1.807) is 6.92 Å². The van der Waals surface area contributed by atoms with Gasteiger partial charge in [-0.3, -0.25) is 14.4 Å². The second kappa shape index (κ2) is 8.62. The zero-order valence-electron chi connectivity index (χ0n) is 16.4. The van der Waals surface area contributed by atoms with E-state index in [1.165, 1.54) is 28.8 Å². The number of carbonyl (C=O) groups excluding carboxylic acids is 2. The Morgan fingerprint density at radius 3 is 2.70 bits per heavy atom. The molecule has 0 saturated carbocycles. The number of nitrogens with zero attached hydrogens (tertiary/aromatic N) is 2. The highest BCUT2D eigenvalue weighted by atomic mass is 19.1. The summed E-state index contributed by atoms with van der Waals surface area (Å²) in [6, 6.07) is 2.56. The first kappa shape index (κ1) is 21.4. The van der Waals surface area contributed by atoms with Gasteiger partial charge in [0.1, 0.15) is 17.2 Å². The number of hydrogen-bond acceptors (Lipinski definition) is 5. The predicted octanol–water partition coefficient (Wildman–Crippen LogP) is 1.25. The zero-order chi connectivity index (χ0) is 22.0. The molecule has 8 nitrogen and oxygen atoms in total. The van der Waals surface area contributed by atoms with Gasteiger partial charge in [0.2, 0.25) is 5.43 Å². The van der Waals surface area contributed by atoms with E-state index in [0.29, 0.717) is 12.6 Å². The molecule has 0 saturated heterocycles. The number of aromatic nitrogens is 1. The van der Waals surface area contributed by atoms with Crippen LogP contribution in [0.4, 0.5) is 8.78 Å². The number of carbonyl (C=O) groups is 2. The number of likely N-dealkylation sites (N-methyl/N-ethyl adjacent to an activating group) is 1. The molecule has 0 aliphatic carbocycles. The van der Waals surface area contributed by atoms with Crippen molar-refractivity contribution in [3.63, 3.8) is 0 Å². The van der Waals surface area contributed by atoms with Crippen LogP contribution in [0.3, 0.4) is 0 Å². The average molecular weight is 421 g/mol. The average Bonchev–Trinajstić information content (AvgIpc) is 2.70. The van der Waals surface area contributed by atoms with Crippen LogP contribution in [-0.2, 0) is 17.8 Å². The number of aromatic hydroxyl groups is 1. The van der Waals surface area contributed by atoms with Gasteiger partial charge in [-0.25, -0.2) is 8.78 Å². The molecule has 1 aromatic carbocycles. The number of fused-ring (bicyclic) bond motifs is 1. The van der Waals surface area contributed by atoms with Crippen molar-refractivity contribution in [1.29, 1.82) is 0 Å². The minimum Gasteiger partial charge on any atom is -0.503 e. The summed E-state index contributed by atoms with van der Waals surface area (Å²) in [5.41, 5.74) is -1.57. The maximum Gasteiger partial charge on any atom is 0.274 e. The summed E-state index contributed by atoms with van der Waals surface area (Å²) in [6.45, 7) is 2.27. The number of nitrogens with one attached hydrogen (secondary N) is 1. The lowest BCUT2D eigenvalue weighted by atomic mass is 10.1. The largest absolute Gasteiger partial charge is 0.503 e. The molecule has 1 aromatic heterocycles. The van der Waals surface area contributed by atoms with Gasteiger partial charge in [0.25, 0.3) is 11.8 Å². The van der Waals surface area contributed by atoms with E-state index in [0.717, 1.165) is 6.07 Å². The van der Waals surface area contributed by atoms with Crippen LogP contribution in [0.15, 0.2) is 29.2 Å². The highest BCUT2D eigenvalue weighted by Crippen LogP contribution is 2.23. The summed E-state index contributed by atoms with van der Waals surface area (Å²) < 4.78 is 33.2. The Balaban J connectivity index is 1.91. The molecule has 2 N–H and O–H groups in total. The van der Waals surface area contributed by atoms with Gasteiger partial charge in [-0.05, 0) is 13.0 Å². The third-order valence-electron chi connectivity index (χ3n) is 4.97. The minimum atomic E-state index is -1.01. The van der Waals surface area contributed by atoms with Crippen molar-refractivity contribution in [2.75, 3.05) is 20.3 Å². The normalized spacial score (nSPS) is 15.8. The van der Waals surface area contributed by atoms with Gasteiger partial charge in [0, 0.05) is 44.6 Å². The summed E-state index contributed by atoms with van der Waals surface area (Å²) in [6.07, 6.45) is 1.20. The Morgan fingerprint density at radius 1 is 1.33 bits per heavy atom. The molecule has 30 heavy (non-hydrogen) atoms. The van der Waals surface area contributed by atoms with Crippen LogP contribution in [0.2, 0.25) is 0 Å². The van der Waals surface area contributed by atoms with E-state index >= 15 is 0 Å². The number of halogens is 2. The Morgan fingerprint density at radius 2 is 2.07 bits per heavy atom. The fraction of sp³-hybridized carbons (Fsp3) is 0.350. The lowest BCUT2D eigenvalue weighted by Gasteiger charge is -2.36.